The highest BCUT2D eigenvalue weighted by Crippen LogP contribution is 2.22. The van der Waals surface area contributed by atoms with Crippen LogP contribution in [0.5, 0.6) is 12.2 Å². The van der Waals surface area contributed by atoms with Gasteiger partial charge >= 0.3 is 12.2 Å². The lowest BCUT2D eigenvalue weighted by atomic mass is 10.3. The van der Waals surface area contributed by atoms with Gasteiger partial charge in [-0.05, 0) is 32.1 Å². The van der Waals surface area contributed by atoms with Crippen molar-refractivity contribution in [3.63, 3.8) is 0 Å². The summed E-state index contributed by atoms with van der Waals surface area (Å²) in [6, 6.07) is 0. The van der Waals surface area contributed by atoms with Gasteiger partial charge in [0.25, 0.3) is 0 Å². The maximum absolute atomic E-state index is 5.51. The Kier molecular flexibility index (Phi) is 7.33. The molecule has 0 saturated carbocycles. The van der Waals surface area contributed by atoms with Gasteiger partial charge in [0.1, 0.15) is 11.0 Å². The number of hydrogen-bond acceptors (Lipinski definition) is 5. The Morgan fingerprint density at radius 2 is 1.70 bits per heavy atom. The quantitative estimate of drug-likeness (QED) is 0.837. The lowest BCUT2D eigenvalue weighted by molar-refractivity contribution is 0.251. The van der Waals surface area contributed by atoms with Gasteiger partial charge in [0.05, 0.1) is 0 Å². The van der Waals surface area contributed by atoms with E-state index in [9.17, 15) is 0 Å². The average Bonchev–Trinajstić information content (AvgIpc) is 3.17. The topological polar surface area (TPSA) is 61.3 Å². The highest BCUT2D eigenvalue weighted by Gasteiger charge is 2.13. The van der Waals surface area contributed by atoms with Crippen LogP contribution in [0.1, 0.15) is 39.1 Å². The van der Waals surface area contributed by atoms with Crippen LogP contribution in [0.25, 0.3) is 24.3 Å². The maximum atomic E-state index is 5.51. The zero-order valence-electron chi connectivity index (χ0n) is 14.0. The van der Waals surface area contributed by atoms with Crippen LogP contribution in [0, 0.1) is 0 Å². The number of hydrogen-bond donors (Lipinski definition) is 0. The largest absolute Gasteiger partial charge is 0.409 e. The maximum Gasteiger partial charge on any atom is 0.403 e. The van der Waals surface area contributed by atoms with Crippen LogP contribution >= 0.6 is 0 Å². The van der Waals surface area contributed by atoms with Crippen LogP contribution in [-0.4, -0.2) is 9.97 Å². The molecule has 0 unspecified atom stereocenters. The molecule has 2 heterocycles. The molecule has 5 nitrogen and oxygen atoms in total. The zero-order valence-corrected chi connectivity index (χ0v) is 14.0. The standard InChI is InChI=1S/C16H16N2O3.C2H6/c1-5-9-10-14-12(7-3)18-16(20-14)21-15-17-11(6-2)13(8-4)19-15;1-2/h5-10H,2,4H2,1,3H3;1-2H3/b9-5-,12-7+,14-10+;. The van der Waals surface area contributed by atoms with Gasteiger partial charge in [-0.25, -0.2) is 0 Å². The van der Waals surface area contributed by atoms with Gasteiger partial charge in [-0.1, -0.05) is 45.2 Å². The number of allylic oxidation sites excluding steroid dienone is 2. The molecule has 0 N–H and O–H groups in total. The fourth-order valence-electron chi connectivity index (χ4n) is 1.61. The second kappa shape index (κ2) is 9.25. The van der Waals surface area contributed by atoms with E-state index in [4.69, 9.17) is 13.6 Å². The van der Waals surface area contributed by atoms with E-state index < -0.39 is 0 Å². The van der Waals surface area contributed by atoms with Crippen molar-refractivity contribution in [3.05, 3.63) is 47.5 Å². The summed E-state index contributed by atoms with van der Waals surface area (Å²) in [7, 11) is 0. The van der Waals surface area contributed by atoms with Crippen molar-refractivity contribution < 1.29 is 13.6 Å². The molecule has 23 heavy (non-hydrogen) atoms. The predicted molar refractivity (Wildman–Crippen MR) is 93.3 cm³/mol. The van der Waals surface area contributed by atoms with Crippen molar-refractivity contribution >= 4 is 24.3 Å². The minimum Gasteiger partial charge on any atom is -0.409 e. The molecule has 2 aromatic rings. The molecule has 2 aromatic heterocycles. The van der Waals surface area contributed by atoms with Crippen molar-refractivity contribution in [2.45, 2.75) is 27.7 Å². The molecule has 122 valence electrons. The Morgan fingerprint density at radius 1 is 1.00 bits per heavy atom. The molecular formula is C18H22N2O3. The summed E-state index contributed by atoms with van der Waals surface area (Å²) in [6.07, 6.45) is 10.5. The molecular weight excluding hydrogens is 292 g/mol. The van der Waals surface area contributed by atoms with Crippen LogP contribution in [-0.2, 0) is 0 Å². The van der Waals surface area contributed by atoms with Gasteiger partial charge in [0, 0.05) is 0 Å². The van der Waals surface area contributed by atoms with Crippen LogP contribution in [0.4, 0.5) is 0 Å². The Morgan fingerprint density at radius 3 is 2.22 bits per heavy atom. The van der Waals surface area contributed by atoms with Crippen LogP contribution in [0.15, 0.2) is 34.1 Å². The summed E-state index contributed by atoms with van der Waals surface area (Å²) in [5.41, 5.74) is 1.15. The smallest absolute Gasteiger partial charge is 0.403 e. The van der Waals surface area contributed by atoms with E-state index >= 15 is 0 Å². The van der Waals surface area contributed by atoms with Gasteiger partial charge in [-0.2, -0.15) is 9.97 Å². The minimum absolute atomic E-state index is 0.0290. The molecule has 0 aliphatic heterocycles. The summed E-state index contributed by atoms with van der Waals surface area (Å²) < 4.78 is 16.3. The van der Waals surface area contributed by atoms with Crippen molar-refractivity contribution in [2.24, 2.45) is 0 Å². The van der Waals surface area contributed by atoms with Crippen LogP contribution < -0.4 is 15.5 Å². The number of aromatic nitrogens is 2. The van der Waals surface area contributed by atoms with Crippen molar-refractivity contribution in [2.75, 3.05) is 0 Å². The van der Waals surface area contributed by atoms with Crippen LogP contribution in [0.2, 0.25) is 0 Å². The first-order valence-electron chi connectivity index (χ1n) is 7.41. The Labute approximate surface area is 136 Å². The second-order valence-corrected chi connectivity index (χ2v) is 3.95. The summed E-state index contributed by atoms with van der Waals surface area (Å²) in [6.45, 7) is 15.1. The molecule has 0 radical (unpaired) electrons. The molecule has 0 aliphatic rings. The third-order valence-electron chi connectivity index (χ3n) is 2.59. The summed E-state index contributed by atoms with van der Waals surface area (Å²) in [4.78, 5) is 8.32. The number of oxazole rings is 2. The summed E-state index contributed by atoms with van der Waals surface area (Å²) >= 11 is 0. The van der Waals surface area contributed by atoms with Gasteiger partial charge in [-0.3, -0.25) is 0 Å². The third-order valence-corrected chi connectivity index (χ3v) is 2.59. The highest BCUT2D eigenvalue weighted by atomic mass is 16.7. The molecule has 0 amide bonds. The molecule has 0 atom stereocenters. The van der Waals surface area contributed by atoms with Crippen LogP contribution in [0.3, 0.4) is 0 Å². The number of nitrogens with zero attached hydrogens (tertiary/aromatic N) is 2. The minimum atomic E-state index is 0.0290. The van der Waals surface area contributed by atoms with Gasteiger partial charge < -0.3 is 13.6 Å². The third kappa shape index (κ3) is 4.57. The first-order chi connectivity index (χ1) is 11.2. The normalized spacial score (nSPS) is 12.2. The fraction of sp³-hybridized carbons (Fsp3) is 0.222. The van der Waals surface area contributed by atoms with E-state index in [2.05, 4.69) is 23.1 Å². The highest BCUT2D eigenvalue weighted by molar-refractivity contribution is 5.56. The SMILES string of the molecule is C=Cc1nc(Oc2nc(=C/C)/c(=C\C=C/C)o2)oc1C=C.CC. The first-order valence-corrected chi connectivity index (χ1v) is 7.41. The number of ether oxygens (including phenoxy) is 1. The average molecular weight is 314 g/mol. The van der Waals surface area contributed by atoms with E-state index in [1.807, 2.05) is 45.9 Å². The Hall–Kier alpha value is -2.82. The van der Waals surface area contributed by atoms with Crippen molar-refractivity contribution in [3.8, 4) is 12.2 Å². The molecule has 0 aromatic carbocycles. The summed E-state index contributed by atoms with van der Waals surface area (Å²) in [5.74, 6) is 0.481. The molecule has 0 saturated heterocycles. The molecule has 0 bridgehead atoms. The fourth-order valence-corrected chi connectivity index (χ4v) is 1.61. The number of rotatable bonds is 5. The molecule has 5 heteroatoms. The van der Waals surface area contributed by atoms with Crippen molar-refractivity contribution in [1.29, 1.82) is 0 Å². The molecule has 2 rings (SSSR count). The zero-order chi connectivity index (χ0) is 17.2. The lowest BCUT2D eigenvalue weighted by Gasteiger charge is -1.91. The first kappa shape index (κ1) is 18.2. The van der Waals surface area contributed by atoms with E-state index in [-0.39, 0.29) is 12.2 Å². The van der Waals surface area contributed by atoms with Crippen molar-refractivity contribution in [1.82, 2.24) is 9.97 Å². The molecule has 0 spiro atoms. The van der Waals surface area contributed by atoms with Gasteiger partial charge in [0.15, 0.2) is 11.2 Å². The van der Waals surface area contributed by atoms with E-state index in [1.54, 1.807) is 12.2 Å². The van der Waals surface area contributed by atoms with E-state index in [1.165, 1.54) is 6.08 Å². The lowest BCUT2D eigenvalue weighted by Crippen LogP contribution is -2.20. The Bertz CT molecular complexity index is 769. The molecule has 0 aliphatic carbocycles. The van der Waals surface area contributed by atoms with E-state index in [0.717, 1.165) is 0 Å². The molecule has 0 fully saturated rings. The van der Waals surface area contributed by atoms with Gasteiger partial charge in [0.2, 0.25) is 0 Å². The predicted octanol–water partition coefficient (Wildman–Crippen LogP) is 3.92. The summed E-state index contributed by atoms with van der Waals surface area (Å²) in [5, 5.41) is 0.683. The van der Waals surface area contributed by atoms with E-state index in [0.29, 0.717) is 22.2 Å². The second-order valence-electron chi connectivity index (χ2n) is 3.95. The monoisotopic (exact) mass is 314 g/mol. The van der Waals surface area contributed by atoms with Gasteiger partial charge in [-0.15, -0.1) is 0 Å². The Balaban J connectivity index is 0.00000127.